The van der Waals surface area contributed by atoms with Gasteiger partial charge in [0.05, 0.1) is 6.54 Å². The van der Waals surface area contributed by atoms with E-state index in [-0.39, 0.29) is 12.5 Å². The minimum Gasteiger partial charge on any atom is -0.361 e. The molecule has 1 rings (SSSR count). The van der Waals surface area contributed by atoms with Crippen molar-refractivity contribution in [1.29, 1.82) is 0 Å². The molecule has 0 radical (unpaired) electrons. The minimum absolute atomic E-state index is 0.0698. The summed E-state index contributed by atoms with van der Waals surface area (Å²) in [7, 11) is 0. The number of hydrazine groups is 1. The Bertz CT molecular complexity index is 368. The van der Waals surface area contributed by atoms with Gasteiger partial charge in [0.25, 0.3) is 0 Å². The number of amides is 1. The number of hydrogen-bond donors (Lipinski definition) is 4. The molecule has 0 saturated carbocycles. The van der Waals surface area contributed by atoms with Crippen LogP contribution in [0, 0.1) is 5.92 Å². The van der Waals surface area contributed by atoms with Crippen LogP contribution in [0.5, 0.6) is 0 Å². The first-order valence-corrected chi connectivity index (χ1v) is 5.41. The molecule has 1 aromatic rings. The van der Waals surface area contributed by atoms with Gasteiger partial charge in [-0.3, -0.25) is 4.79 Å². The van der Waals surface area contributed by atoms with E-state index in [0.29, 0.717) is 24.1 Å². The molecule has 94 valence electrons. The van der Waals surface area contributed by atoms with Gasteiger partial charge in [0.15, 0.2) is 0 Å². The van der Waals surface area contributed by atoms with Crippen LogP contribution in [0.15, 0.2) is 12.4 Å². The van der Waals surface area contributed by atoms with Crippen LogP contribution in [0.1, 0.15) is 13.8 Å². The monoisotopic (exact) mass is 238 g/mol. The molecule has 1 amide bonds. The maximum absolute atomic E-state index is 11.4. The van der Waals surface area contributed by atoms with Crippen LogP contribution in [0.2, 0.25) is 0 Å². The lowest BCUT2D eigenvalue weighted by Crippen LogP contribution is -2.32. The highest BCUT2D eigenvalue weighted by Gasteiger charge is 2.03. The van der Waals surface area contributed by atoms with Crippen molar-refractivity contribution in [3.8, 4) is 0 Å². The quantitative estimate of drug-likeness (QED) is 0.409. The molecule has 0 unspecified atom stereocenters. The van der Waals surface area contributed by atoms with E-state index < -0.39 is 0 Å². The summed E-state index contributed by atoms with van der Waals surface area (Å²) in [5.74, 6) is 6.61. The molecule has 7 heteroatoms. The van der Waals surface area contributed by atoms with Crippen LogP contribution in [-0.4, -0.2) is 29.0 Å². The van der Waals surface area contributed by atoms with Crippen LogP contribution < -0.4 is 21.9 Å². The number of hydrogen-bond acceptors (Lipinski definition) is 6. The predicted octanol–water partition coefficient (Wildman–Crippen LogP) is -0.0537. The molecule has 1 aromatic heterocycles. The first-order valence-electron chi connectivity index (χ1n) is 5.41. The zero-order chi connectivity index (χ0) is 12.7. The molecule has 0 atom stereocenters. The summed E-state index contributed by atoms with van der Waals surface area (Å²) in [4.78, 5) is 19.2. The summed E-state index contributed by atoms with van der Waals surface area (Å²) in [5.41, 5.74) is 2.40. The molecular weight excluding hydrogens is 220 g/mol. The number of aromatic nitrogens is 2. The lowest BCUT2D eigenvalue weighted by Gasteiger charge is -2.09. The molecule has 0 aliphatic carbocycles. The molecule has 0 spiro atoms. The van der Waals surface area contributed by atoms with E-state index in [2.05, 4.69) is 26.0 Å². The van der Waals surface area contributed by atoms with E-state index in [1.54, 1.807) is 6.07 Å². The van der Waals surface area contributed by atoms with Gasteiger partial charge < -0.3 is 16.1 Å². The van der Waals surface area contributed by atoms with Gasteiger partial charge in [0, 0.05) is 12.6 Å². The number of nitrogens with one attached hydrogen (secondary N) is 3. The Kier molecular flexibility index (Phi) is 5.15. The summed E-state index contributed by atoms with van der Waals surface area (Å²) < 4.78 is 0. The summed E-state index contributed by atoms with van der Waals surface area (Å²) >= 11 is 0. The molecule has 0 saturated heterocycles. The largest absolute Gasteiger partial charge is 0.361 e. The van der Waals surface area contributed by atoms with Crippen LogP contribution >= 0.6 is 0 Å². The second kappa shape index (κ2) is 6.64. The van der Waals surface area contributed by atoms with Gasteiger partial charge in [-0.2, -0.15) is 0 Å². The van der Waals surface area contributed by atoms with E-state index >= 15 is 0 Å². The standard InChI is InChI=1S/C10H18N6O/c1-7(2)4-13-10(17)5-12-8-3-9(16-11)15-6-14-8/h3,6-7H,4-5,11H2,1-2H3,(H,13,17)(H2,12,14,15,16). The van der Waals surface area contributed by atoms with Crippen LogP contribution in [0.25, 0.3) is 0 Å². The summed E-state index contributed by atoms with van der Waals surface area (Å²) in [6, 6.07) is 1.62. The summed E-state index contributed by atoms with van der Waals surface area (Å²) in [6.07, 6.45) is 1.36. The van der Waals surface area contributed by atoms with Crippen LogP contribution in [-0.2, 0) is 4.79 Å². The van der Waals surface area contributed by atoms with Gasteiger partial charge >= 0.3 is 0 Å². The number of carbonyl (C=O) groups is 1. The third-order valence-electron chi connectivity index (χ3n) is 1.95. The van der Waals surface area contributed by atoms with Gasteiger partial charge in [0.1, 0.15) is 18.0 Å². The lowest BCUT2D eigenvalue weighted by molar-refractivity contribution is -0.119. The second-order valence-corrected chi connectivity index (χ2v) is 3.98. The Morgan fingerprint density at radius 2 is 2.12 bits per heavy atom. The van der Waals surface area contributed by atoms with Crippen molar-refractivity contribution in [3.05, 3.63) is 12.4 Å². The number of rotatable bonds is 6. The average molecular weight is 238 g/mol. The van der Waals surface area contributed by atoms with Crippen molar-refractivity contribution in [2.75, 3.05) is 23.8 Å². The van der Waals surface area contributed by atoms with E-state index in [4.69, 9.17) is 5.84 Å². The molecule has 1 heterocycles. The zero-order valence-corrected chi connectivity index (χ0v) is 10.0. The fourth-order valence-electron chi connectivity index (χ4n) is 1.08. The SMILES string of the molecule is CC(C)CNC(=O)CNc1cc(NN)ncn1. The molecule has 0 aromatic carbocycles. The first kappa shape index (κ1) is 13.2. The smallest absolute Gasteiger partial charge is 0.239 e. The molecule has 7 nitrogen and oxygen atoms in total. The van der Waals surface area contributed by atoms with Gasteiger partial charge in [-0.05, 0) is 5.92 Å². The van der Waals surface area contributed by atoms with E-state index in [1.807, 2.05) is 13.8 Å². The molecule has 5 N–H and O–H groups in total. The van der Waals surface area contributed by atoms with Crippen molar-refractivity contribution in [2.45, 2.75) is 13.8 Å². The number of carbonyl (C=O) groups excluding carboxylic acids is 1. The Labute approximate surface area is 100 Å². The Balaban J connectivity index is 2.36. The molecule has 0 bridgehead atoms. The number of anilines is 2. The van der Waals surface area contributed by atoms with Crippen molar-refractivity contribution >= 4 is 17.5 Å². The molecular formula is C10H18N6O. The fourth-order valence-corrected chi connectivity index (χ4v) is 1.08. The predicted molar refractivity (Wildman–Crippen MR) is 66.2 cm³/mol. The highest BCUT2D eigenvalue weighted by molar-refractivity contribution is 5.80. The maximum atomic E-state index is 11.4. The number of nitrogen functional groups attached to an aromatic ring is 1. The highest BCUT2D eigenvalue weighted by atomic mass is 16.1. The molecule has 17 heavy (non-hydrogen) atoms. The van der Waals surface area contributed by atoms with Crippen LogP contribution in [0.4, 0.5) is 11.6 Å². The van der Waals surface area contributed by atoms with Gasteiger partial charge in [-0.25, -0.2) is 15.8 Å². The zero-order valence-electron chi connectivity index (χ0n) is 10.0. The van der Waals surface area contributed by atoms with Crippen molar-refractivity contribution < 1.29 is 4.79 Å². The van der Waals surface area contributed by atoms with E-state index in [9.17, 15) is 4.79 Å². The molecule has 0 aliphatic rings. The van der Waals surface area contributed by atoms with Crippen molar-refractivity contribution in [3.63, 3.8) is 0 Å². The Morgan fingerprint density at radius 1 is 1.41 bits per heavy atom. The van der Waals surface area contributed by atoms with E-state index in [1.165, 1.54) is 6.33 Å². The highest BCUT2D eigenvalue weighted by Crippen LogP contribution is 2.06. The van der Waals surface area contributed by atoms with Gasteiger partial charge in [0.2, 0.25) is 5.91 Å². The van der Waals surface area contributed by atoms with Crippen LogP contribution in [0.3, 0.4) is 0 Å². The third-order valence-corrected chi connectivity index (χ3v) is 1.95. The van der Waals surface area contributed by atoms with Crippen molar-refractivity contribution in [2.24, 2.45) is 11.8 Å². The normalized spacial score (nSPS) is 10.1. The summed E-state index contributed by atoms with van der Waals surface area (Å²) in [6.45, 7) is 4.92. The minimum atomic E-state index is -0.0698. The second-order valence-electron chi connectivity index (χ2n) is 3.98. The number of nitrogens with two attached hydrogens (primary N) is 1. The Hall–Kier alpha value is -1.89. The topological polar surface area (TPSA) is 105 Å². The van der Waals surface area contributed by atoms with E-state index in [0.717, 1.165) is 0 Å². The first-order chi connectivity index (χ1) is 8.11. The number of nitrogens with zero attached hydrogens (tertiary/aromatic N) is 2. The third kappa shape index (κ3) is 5.12. The lowest BCUT2D eigenvalue weighted by atomic mass is 10.2. The Morgan fingerprint density at radius 3 is 2.76 bits per heavy atom. The molecule has 0 fully saturated rings. The average Bonchev–Trinajstić information content (AvgIpc) is 2.34. The maximum Gasteiger partial charge on any atom is 0.239 e. The van der Waals surface area contributed by atoms with Crippen molar-refractivity contribution in [1.82, 2.24) is 15.3 Å². The molecule has 0 aliphatic heterocycles. The van der Waals surface area contributed by atoms with Gasteiger partial charge in [-0.15, -0.1) is 0 Å². The van der Waals surface area contributed by atoms with Gasteiger partial charge in [-0.1, -0.05) is 13.8 Å². The summed E-state index contributed by atoms with van der Waals surface area (Å²) in [5, 5.41) is 5.68. The fraction of sp³-hybridized carbons (Fsp3) is 0.500.